The summed E-state index contributed by atoms with van der Waals surface area (Å²) in [5.74, 6) is -1.40. The van der Waals surface area contributed by atoms with E-state index in [9.17, 15) is 9.59 Å². The van der Waals surface area contributed by atoms with Gasteiger partial charge in [0, 0.05) is 5.56 Å². The number of hydrogen-bond donors (Lipinski definition) is 2. The van der Waals surface area contributed by atoms with E-state index in [0.29, 0.717) is 11.3 Å². The molecule has 2 N–H and O–H groups in total. The fourth-order valence-corrected chi connectivity index (χ4v) is 2.09. The molecule has 0 radical (unpaired) electrons. The summed E-state index contributed by atoms with van der Waals surface area (Å²) >= 11 is 0. The lowest BCUT2D eigenvalue weighted by Gasteiger charge is -2.01. The molecule has 1 amide bonds. The zero-order valence-corrected chi connectivity index (χ0v) is 10.3. The van der Waals surface area contributed by atoms with Crippen LogP contribution in [0.2, 0.25) is 0 Å². The number of carboxylic acid groups (broad SMARTS) is 1. The Bertz CT molecular complexity index is 750. The lowest BCUT2D eigenvalue weighted by Crippen LogP contribution is -2.14. The highest BCUT2D eigenvalue weighted by Crippen LogP contribution is 2.26. The van der Waals surface area contributed by atoms with E-state index in [1.54, 1.807) is 36.4 Å². The van der Waals surface area contributed by atoms with Crippen LogP contribution in [0.1, 0.15) is 15.9 Å². The van der Waals surface area contributed by atoms with Crippen molar-refractivity contribution in [3.8, 4) is 0 Å². The molecule has 1 aliphatic heterocycles. The van der Waals surface area contributed by atoms with Gasteiger partial charge in [0.15, 0.2) is 0 Å². The molecule has 0 fully saturated rings. The molecule has 2 aromatic rings. The molecule has 0 bridgehead atoms. The third kappa shape index (κ3) is 1.95. The van der Waals surface area contributed by atoms with Crippen molar-refractivity contribution < 1.29 is 14.7 Å². The van der Waals surface area contributed by atoms with Crippen molar-refractivity contribution in [3.05, 3.63) is 59.7 Å². The number of nitrogens with one attached hydrogen (secondary N) is 1. The van der Waals surface area contributed by atoms with Crippen molar-refractivity contribution in [3.63, 3.8) is 0 Å². The van der Waals surface area contributed by atoms with E-state index in [0.717, 1.165) is 0 Å². The lowest BCUT2D eigenvalue weighted by molar-refractivity contribution is -0.110. The summed E-state index contributed by atoms with van der Waals surface area (Å²) in [5.41, 5.74) is 1.93. The van der Waals surface area contributed by atoms with E-state index in [4.69, 9.17) is 5.11 Å². The number of anilines is 1. The van der Waals surface area contributed by atoms with Gasteiger partial charge in [-0.3, -0.25) is 4.79 Å². The zero-order chi connectivity index (χ0) is 14.1. The number of fused-ring (bicyclic) bond motifs is 1. The predicted octanol–water partition coefficient (Wildman–Crippen LogP) is 2.46. The minimum atomic E-state index is -1.07. The second-order valence-electron chi connectivity index (χ2n) is 4.28. The molecule has 5 nitrogen and oxygen atoms in total. The minimum Gasteiger partial charge on any atom is -0.478 e. The number of para-hydroxylation sites is 2. The number of carboxylic acids is 1. The van der Waals surface area contributed by atoms with Crippen LogP contribution in [0.5, 0.6) is 0 Å². The van der Waals surface area contributed by atoms with Crippen LogP contribution in [-0.4, -0.2) is 22.7 Å². The largest absolute Gasteiger partial charge is 0.478 e. The summed E-state index contributed by atoms with van der Waals surface area (Å²) in [6, 6.07) is 13.5. The number of carbonyl (C=O) groups is 2. The summed E-state index contributed by atoms with van der Waals surface area (Å²) in [6.45, 7) is 0. The topological polar surface area (TPSA) is 78.8 Å². The fourth-order valence-electron chi connectivity index (χ4n) is 2.09. The molecular weight excluding hydrogens is 256 g/mol. The summed E-state index contributed by atoms with van der Waals surface area (Å²) in [4.78, 5) is 27.3. The van der Waals surface area contributed by atoms with Gasteiger partial charge in [0.25, 0.3) is 5.91 Å². The van der Waals surface area contributed by atoms with Crippen molar-refractivity contribution >= 4 is 29.0 Å². The van der Waals surface area contributed by atoms with Crippen LogP contribution in [0.15, 0.2) is 53.5 Å². The number of aliphatic imine (C=N–C) groups is 1. The molecule has 0 spiro atoms. The van der Waals surface area contributed by atoms with Crippen LogP contribution < -0.4 is 5.32 Å². The average Bonchev–Trinajstić information content (AvgIpc) is 2.76. The maximum Gasteiger partial charge on any atom is 0.337 e. The Labute approximate surface area is 114 Å². The highest BCUT2D eigenvalue weighted by Gasteiger charge is 2.25. The van der Waals surface area contributed by atoms with Crippen LogP contribution in [0.25, 0.3) is 0 Å². The monoisotopic (exact) mass is 266 g/mol. The first-order valence-corrected chi connectivity index (χ1v) is 5.98. The molecule has 0 unspecified atom stereocenters. The zero-order valence-electron chi connectivity index (χ0n) is 10.3. The van der Waals surface area contributed by atoms with E-state index in [1.165, 1.54) is 6.07 Å². The number of nitrogens with zero attached hydrogens (tertiary/aromatic N) is 1. The van der Waals surface area contributed by atoms with Crippen molar-refractivity contribution in [2.45, 2.75) is 0 Å². The quantitative estimate of drug-likeness (QED) is 0.876. The van der Waals surface area contributed by atoms with Crippen molar-refractivity contribution in [1.82, 2.24) is 0 Å². The minimum absolute atomic E-state index is 0.0668. The second-order valence-corrected chi connectivity index (χ2v) is 4.28. The van der Waals surface area contributed by atoms with E-state index in [-0.39, 0.29) is 22.9 Å². The Morgan fingerprint density at radius 3 is 2.55 bits per heavy atom. The molecule has 0 atom stereocenters. The molecule has 1 aliphatic rings. The SMILES string of the molecule is O=C1Nc2ccccc2C1=Nc1ccccc1C(=O)O. The van der Waals surface area contributed by atoms with Gasteiger partial charge in [-0.15, -0.1) is 0 Å². The predicted molar refractivity (Wildman–Crippen MR) is 74.7 cm³/mol. The smallest absolute Gasteiger partial charge is 0.337 e. The molecule has 20 heavy (non-hydrogen) atoms. The maximum atomic E-state index is 11.9. The highest BCUT2D eigenvalue weighted by molar-refractivity contribution is 6.54. The average molecular weight is 266 g/mol. The molecule has 0 saturated carbocycles. The Morgan fingerprint density at radius 1 is 1.05 bits per heavy atom. The number of hydrogen-bond acceptors (Lipinski definition) is 3. The number of amides is 1. The van der Waals surface area contributed by atoms with Gasteiger partial charge in [0.2, 0.25) is 0 Å². The van der Waals surface area contributed by atoms with Crippen LogP contribution >= 0.6 is 0 Å². The van der Waals surface area contributed by atoms with E-state index in [1.807, 2.05) is 6.07 Å². The van der Waals surface area contributed by atoms with Gasteiger partial charge in [0.05, 0.1) is 16.9 Å². The summed E-state index contributed by atoms with van der Waals surface area (Å²) < 4.78 is 0. The van der Waals surface area contributed by atoms with Crippen LogP contribution in [0.3, 0.4) is 0 Å². The van der Waals surface area contributed by atoms with Gasteiger partial charge in [-0.25, -0.2) is 9.79 Å². The third-order valence-corrected chi connectivity index (χ3v) is 3.01. The van der Waals surface area contributed by atoms with E-state index < -0.39 is 5.97 Å². The standard InChI is InChI=1S/C15H10N2O3/c18-14-13(9-5-1-3-7-11(9)17-14)16-12-8-4-2-6-10(12)15(19)20/h1-8H,(H,19,20)(H,16,17,18). The van der Waals surface area contributed by atoms with Gasteiger partial charge in [0.1, 0.15) is 5.71 Å². The Balaban J connectivity index is 2.14. The Morgan fingerprint density at radius 2 is 1.75 bits per heavy atom. The first-order chi connectivity index (χ1) is 9.66. The number of aromatic carboxylic acids is 1. The fraction of sp³-hybridized carbons (Fsp3) is 0. The molecule has 0 aromatic heterocycles. The van der Waals surface area contributed by atoms with Gasteiger partial charge < -0.3 is 10.4 Å². The van der Waals surface area contributed by atoms with E-state index in [2.05, 4.69) is 10.3 Å². The molecule has 3 rings (SSSR count). The summed E-state index contributed by atoms with van der Waals surface area (Å²) in [5, 5.41) is 11.8. The van der Waals surface area contributed by atoms with Gasteiger partial charge >= 0.3 is 5.97 Å². The molecule has 5 heteroatoms. The third-order valence-electron chi connectivity index (χ3n) is 3.01. The first-order valence-electron chi connectivity index (χ1n) is 5.98. The molecule has 1 heterocycles. The first kappa shape index (κ1) is 12.1. The van der Waals surface area contributed by atoms with Gasteiger partial charge in [-0.1, -0.05) is 30.3 Å². The maximum absolute atomic E-state index is 11.9. The van der Waals surface area contributed by atoms with Gasteiger partial charge in [-0.05, 0) is 18.2 Å². The second kappa shape index (κ2) is 4.62. The number of benzene rings is 2. The summed E-state index contributed by atoms with van der Waals surface area (Å²) in [6.07, 6.45) is 0. The molecular formula is C15H10N2O3. The number of carbonyl (C=O) groups excluding carboxylic acids is 1. The van der Waals surface area contributed by atoms with Crippen LogP contribution in [-0.2, 0) is 4.79 Å². The highest BCUT2D eigenvalue weighted by atomic mass is 16.4. The molecule has 98 valence electrons. The Hall–Kier alpha value is -2.95. The molecule has 0 saturated heterocycles. The van der Waals surface area contributed by atoms with E-state index >= 15 is 0 Å². The van der Waals surface area contributed by atoms with Crippen molar-refractivity contribution in [2.75, 3.05) is 5.32 Å². The molecule has 0 aliphatic carbocycles. The van der Waals surface area contributed by atoms with Crippen LogP contribution in [0, 0.1) is 0 Å². The Kier molecular flexibility index (Phi) is 2.80. The van der Waals surface area contributed by atoms with Gasteiger partial charge in [-0.2, -0.15) is 0 Å². The normalized spacial score (nSPS) is 15.0. The van der Waals surface area contributed by atoms with Crippen molar-refractivity contribution in [2.24, 2.45) is 4.99 Å². The summed E-state index contributed by atoms with van der Waals surface area (Å²) in [7, 11) is 0. The molecule has 2 aromatic carbocycles. The van der Waals surface area contributed by atoms with Crippen molar-refractivity contribution in [1.29, 1.82) is 0 Å². The lowest BCUT2D eigenvalue weighted by atomic mass is 10.1. The number of rotatable bonds is 2. The van der Waals surface area contributed by atoms with Crippen LogP contribution in [0.4, 0.5) is 11.4 Å².